The molecule has 1 fully saturated rings. The molecular formula is C20H18F3N3OS. The van der Waals surface area contributed by atoms with Gasteiger partial charge in [0.1, 0.15) is 11.1 Å². The maximum absolute atomic E-state index is 13.5. The average molecular weight is 405 g/mol. The number of halogens is 3. The number of thioether (sulfide) groups is 1. The predicted octanol–water partition coefficient (Wildman–Crippen LogP) is 4.74. The van der Waals surface area contributed by atoms with Crippen LogP contribution in [-0.2, 0) is 11.0 Å². The molecule has 4 nitrogen and oxygen atoms in total. The highest BCUT2D eigenvalue weighted by atomic mass is 32.2. The van der Waals surface area contributed by atoms with Crippen molar-refractivity contribution in [3.63, 3.8) is 0 Å². The quantitative estimate of drug-likeness (QED) is 0.689. The summed E-state index contributed by atoms with van der Waals surface area (Å²) >= 11 is 0.888. The van der Waals surface area contributed by atoms with Crippen LogP contribution in [0.3, 0.4) is 0 Å². The van der Waals surface area contributed by atoms with Gasteiger partial charge < -0.3 is 4.90 Å². The second-order valence-corrected chi connectivity index (χ2v) is 7.40. The van der Waals surface area contributed by atoms with Crippen LogP contribution in [0, 0.1) is 11.3 Å². The van der Waals surface area contributed by atoms with E-state index < -0.39 is 17.3 Å². The van der Waals surface area contributed by atoms with Gasteiger partial charge in [-0.3, -0.25) is 4.79 Å². The molecule has 1 aromatic heterocycles. The van der Waals surface area contributed by atoms with Gasteiger partial charge in [0, 0.05) is 18.7 Å². The summed E-state index contributed by atoms with van der Waals surface area (Å²) in [5.41, 5.74) is -0.929. The first-order chi connectivity index (χ1) is 13.4. The number of pyridine rings is 1. The van der Waals surface area contributed by atoms with E-state index in [1.807, 2.05) is 0 Å². The Balaban J connectivity index is 1.94. The van der Waals surface area contributed by atoms with Gasteiger partial charge in [-0.15, -0.1) is 0 Å². The fraction of sp³-hybridized carbons (Fsp3) is 0.350. The second-order valence-electron chi connectivity index (χ2n) is 6.44. The number of rotatable bonds is 4. The van der Waals surface area contributed by atoms with Crippen molar-refractivity contribution in [1.29, 1.82) is 5.26 Å². The lowest BCUT2D eigenvalue weighted by atomic mass is 10.1. The Labute approximate surface area is 165 Å². The second kappa shape index (κ2) is 8.65. The highest BCUT2D eigenvalue weighted by molar-refractivity contribution is 8.00. The summed E-state index contributed by atoms with van der Waals surface area (Å²) in [5, 5.41) is 9.27. The number of nitriles is 1. The fourth-order valence-corrected chi connectivity index (χ4v) is 3.98. The summed E-state index contributed by atoms with van der Waals surface area (Å²) in [6.45, 7) is 1.32. The van der Waals surface area contributed by atoms with E-state index in [-0.39, 0.29) is 22.4 Å². The molecular weight excluding hydrogens is 387 g/mol. The first-order valence-electron chi connectivity index (χ1n) is 8.88. The molecule has 1 aromatic carbocycles. The largest absolute Gasteiger partial charge is 0.417 e. The lowest BCUT2D eigenvalue weighted by molar-refractivity contribution is -0.138. The van der Waals surface area contributed by atoms with Crippen molar-refractivity contribution in [2.75, 3.05) is 18.8 Å². The molecule has 28 heavy (non-hydrogen) atoms. The summed E-state index contributed by atoms with van der Waals surface area (Å²) in [5.74, 6) is -0.189. The monoisotopic (exact) mass is 405 g/mol. The van der Waals surface area contributed by atoms with Crippen LogP contribution in [0.2, 0.25) is 0 Å². The molecule has 3 rings (SSSR count). The number of carbonyl (C=O) groups is 1. The van der Waals surface area contributed by atoms with E-state index in [0.717, 1.165) is 37.1 Å². The van der Waals surface area contributed by atoms with Crippen molar-refractivity contribution in [3.8, 4) is 17.3 Å². The van der Waals surface area contributed by atoms with Crippen LogP contribution < -0.4 is 0 Å². The van der Waals surface area contributed by atoms with Crippen molar-refractivity contribution < 1.29 is 18.0 Å². The van der Waals surface area contributed by atoms with Gasteiger partial charge in [0.15, 0.2) is 0 Å². The van der Waals surface area contributed by atoms with Crippen LogP contribution in [0.15, 0.2) is 41.4 Å². The Kier molecular flexibility index (Phi) is 6.25. The third-order valence-electron chi connectivity index (χ3n) is 4.51. The molecule has 1 amide bonds. The average Bonchev–Trinajstić information content (AvgIpc) is 2.71. The Morgan fingerprint density at radius 3 is 2.46 bits per heavy atom. The topological polar surface area (TPSA) is 57.0 Å². The van der Waals surface area contributed by atoms with E-state index in [1.54, 1.807) is 41.3 Å². The minimum Gasteiger partial charge on any atom is -0.342 e. The fourth-order valence-electron chi connectivity index (χ4n) is 3.08. The van der Waals surface area contributed by atoms with Gasteiger partial charge >= 0.3 is 6.18 Å². The number of hydrogen-bond donors (Lipinski definition) is 0. The maximum Gasteiger partial charge on any atom is 0.417 e. The zero-order chi connectivity index (χ0) is 20.1. The van der Waals surface area contributed by atoms with Gasteiger partial charge in [-0.05, 0) is 25.3 Å². The summed E-state index contributed by atoms with van der Waals surface area (Å²) in [6.07, 6.45) is -1.76. The van der Waals surface area contributed by atoms with Gasteiger partial charge in [0.05, 0.1) is 22.6 Å². The van der Waals surface area contributed by atoms with Crippen LogP contribution in [0.5, 0.6) is 0 Å². The smallest absolute Gasteiger partial charge is 0.342 e. The summed E-state index contributed by atoms with van der Waals surface area (Å²) in [6, 6.07) is 11.0. The lowest BCUT2D eigenvalue weighted by Crippen LogP contribution is -2.36. The number of amides is 1. The molecule has 1 saturated heterocycles. The van der Waals surface area contributed by atoms with E-state index in [1.165, 1.54) is 0 Å². The van der Waals surface area contributed by atoms with Gasteiger partial charge in [-0.25, -0.2) is 4.98 Å². The molecule has 2 aromatic rings. The summed E-state index contributed by atoms with van der Waals surface area (Å²) in [4.78, 5) is 18.4. The third-order valence-corrected chi connectivity index (χ3v) is 5.47. The third kappa shape index (κ3) is 4.65. The number of aromatic nitrogens is 1. The van der Waals surface area contributed by atoms with Crippen LogP contribution in [-0.4, -0.2) is 34.6 Å². The van der Waals surface area contributed by atoms with Crippen molar-refractivity contribution in [2.45, 2.75) is 30.5 Å². The Morgan fingerprint density at radius 2 is 1.86 bits per heavy atom. The molecule has 0 unspecified atom stereocenters. The number of nitrogens with zero attached hydrogens (tertiary/aromatic N) is 3. The molecule has 0 bridgehead atoms. The molecule has 0 saturated carbocycles. The number of hydrogen-bond acceptors (Lipinski definition) is 4. The van der Waals surface area contributed by atoms with E-state index in [0.29, 0.717) is 18.7 Å². The van der Waals surface area contributed by atoms with Crippen molar-refractivity contribution in [3.05, 3.63) is 47.5 Å². The molecule has 0 radical (unpaired) electrons. The number of carbonyl (C=O) groups excluding carboxylic acids is 1. The van der Waals surface area contributed by atoms with Gasteiger partial charge in [0.2, 0.25) is 5.91 Å². The minimum atomic E-state index is -4.69. The predicted molar refractivity (Wildman–Crippen MR) is 101 cm³/mol. The number of likely N-dealkylation sites (tertiary alicyclic amines) is 1. The van der Waals surface area contributed by atoms with E-state index in [9.17, 15) is 23.2 Å². The highest BCUT2D eigenvalue weighted by Crippen LogP contribution is 2.38. The summed E-state index contributed by atoms with van der Waals surface area (Å²) < 4.78 is 40.6. The minimum absolute atomic E-state index is 0.0444. The van der Waals surface area contributed by atoms with Gasteiger partial charge in [-0.1, -0.05) is 42.1 Å². The first-order valence-corrected chi connectivity index (χ1v) is 9.87. The van der Waals surface area contributed by atoms with E-state index in [2.05, 4.69) is 4.98 Å². The van der Waals surface area contributed by atoms with Crippen LogP contribution in [0.1, 0.15) is 30.4 Å². The van der Waals surface area contributed by atoms with Crippen LogP contribution in [0.4, 0.5) is 13.2 Å². The van der Waals surface area contributed by atoms with Gasteiger partial charge in [0.25, 0.3) is 0 Å². The molecule has 0 aliphatic carbocycles. The zero-order valence-corrected chi connectivity index (χ0v) is 15.8. The van der Waals surface area contributed by atoms with Crippen LogP contribution in [0.25, 0.3) is 11.3 Å². The first kappa shape index (κ1) is 20.2. The van der Waals surface area contributed by atoms with Crippen molar-refractivity contribution in [2.24, 2.45) is 0 Å². The molecule has 0 atom stereocenters. The number of alkyl halides is 3. The molecule has 146 valence electrons. The maximum atomic E-state index is 13.5. The molecule has 2 heterocycles. The van der Waals surface area contributed by atoms with E-state index in [4.69, 9.17) is 0 Å². The normalized spacial score (nSPS) is 14.6. The molecule has 1 aliphatic heterocycles. The highest BCUT2D eigenvalue weighted by Gasteiger charge is 2.36. The Hall–Kier alpha value is -2.53. The molecule has 0 N–H and O–H groups in total. The standard InChI is InChI=1S/C20H18F3N3OS/c21-20(22,23)16-11-17(14-7-3-1-4-8-14)25-19(15(16)12-24)28-13-18(27)26-9-5-2-6-10-26/h1,3-4,7-8,11H,2,5-6,9-10,13H2. The summed E-state index contributed by atoms with van der Waals surface area (Å²) in [7, 11) is 0. The Morgan fingerprint density at radius 1 is 1.18 bits per heavy atom. The zero-order valence-electron chi connectivity index (χ0n) is 15.0. The lowest BCUT2D eigenvalue weighted by Gasteiger charge is -2.26. The van der Waals surface area contributed by atoms with Crippen molar-refractivity contribution >= 4 is 17.7 Å². The molecule has 0 spiro atoms. The number of piperidine rings is 1. The Bertz CT molecular complexity index is 888. The van der Waals surface area contributed by atoms with Gasteiger partial charge in [-0.2, -0.15) is 18.4 Å². The number of benzene rings is 1. The molecule has 8 heteroatoms. The van der Waals surface area contributed by atoms with Crippen molar-refractivity contribution in [1.82, 2.24) is 9.88 Å². The SMILES string of the molecule is N#Cc1c(C(F)(F)F)cc(-c2ccccc2)nc1SCC(=O)N1CCCCC1. The molecule has 1 aliphatic rings. The van der Waals surface area contributed by atoms with E-state index >= 15 is 0 Å². The van der Waals surface area contributed by atoms with Crippen LogP contribution >= 0.6 is 11.8 Å².